The molecule has 19 heavy (non-hydrogen) atoms. The van der Waals surface area contributed by atoms with Gasteiger partial charge >= 0.3 is 0 Å². The van der Waals surface area contributed by atoms with Crippen LogP contribution in [0.1, 0.15) is 45.7 Å². The summed E-state index contributed by atoms with van der Waals surface area (Å²) in [5, 5.41) is 0. The third-order valence-corrected chi connectivity index (χ3v) is 3.17. The van der Waals surface area contributed by atoms with Gasteiger partial charge in [0.15, 0.2) is 0 Å². The SMILES string of the molecule is C=C(C)/C=C(\N=CC)c1cc(Br)cc(C(C)(C)C)c1. The Bertz CT molecular complexity index is 531. The topological polar surface area (TPSA) is 12.4 Å². The predicted molar refractivity (Wildman–Crippen MR) is 89.8 cm³/mol. The van der Waals surface area contributed by atoms with Gasteiger partial charge in [-0.3, -0.25) is 4.99 Å². The zero-order chi connectivity index (χ0) is 14.6. The van der Waals surface area contributed by atoms with E-state index in [2.05, 4.69) is 66.5 Å². The minimum atomic E-state index is 0.114. The lowest BCUT2D eigenvalue weighted by Gasteiger charge is -2.20. The smallest absolute Gasteiger partial charge is 0.0700 e. The highest BCUT2D eigenvalue weighted by Crippen LogP contribution is 2.30. The summed E-state index contributed by atoms with van der Waals surface area (Å²) in [5.74, 6) is 0. The van der Waals surface area contributed by atoms with Crippen molar-refractivity contribution >= 4 is 27.8 Å². The van der Waals surface area contributed by atoms with E-state index in [9.17, 15) is 0 Å². The van der Waals surface area contributed by atoms with Gasteiger partial charge in [0.2, 0.25) is 0 Å². The Morgan fingerprint density at radius 3 is 2.37 bits per heavy atom. The molecule has 102 valence electrons. The zero-order valence-electron chi connectivity index (χ0n) is 12.4. The van der Waals surface area contributed by atoms with Crippen LogP contribution < -0.4 is 0 Å². The largest absolute Gasteiger partial charge is 0.261 e. The van der Waals surface area contributed by atoms with Gasteiger partial charge in [-0.25, -0.2) is 0 Å². The van der Waals surface area contributed by atoms with Gasteiger partial charge in [-0.2, -0.15) is 0 Å². The summed E-state index contributed by atoms with van der Waals surface area (Å²) in [6.07, 6.45) is 3.82. The molecule has 0 unspecified atom stereocenters. The maximum absolute atomic E-state index is 4.45. The Morgan fingerprint density at radius 1 is 1.26 bits per heavy atom. The lowest BCUT2D eigenvalue weighted by Crippen LogP contribution is -2.11. The first-order chi connectivity index (χ1) is 8.74. The van der Waals surface area contributed by atoms with Crippen LogP contribution in [0.4, 0.5) is 0 Å². The second-order valence-corrected chi connectivity index (χ2v) is 6.66. The van der Waals surface area contributed by atoms with Crippen molar-refractivity contribution in [1.29, 1.82) is 0 Å². The predicted octanol–water partition coefficient (Wildman–Crippen LogP) is 5.75. The summed E-state index contributed by atoms with van der Waals surface area (Å²) >= 11 is 3.59. The molecule has 0 aromatic heterocycles. The van der Waals surface area contributed by atoms with E-state index in [4.69, 9.17) is 0 Å². The normalized spacial score (nSPS) is 13.1. The van der Waals surface area contributed by atoms with Gasteiger partial charge in [0.05, 0.1) is 5.70 Å². The van der Waals surface area contributed by atoms with Gasteiger partial charge in [-0.1, -0.05) is 48.9 Å². The van der Waals surface area contributed by atoms with Crippen LogP contribution >= 0.6 is 15.9 Å². The molecule has 0 amide bonds. The number of benzene rings is 1. The Labute approximate surface area is 125 Å². The average Bonchev–Trinajstić information content (AvgIpc) is 2.26. The van der Waals surface area contributed by atoms with Crippen LogP contribution in [0.15, 0.2) is 45.9 Å². The van der Waals surface area contributed by atoms with E-state index >= 15 is 0 Å². The van der Waals surface area contributed by atoms with Gasteiger partial charge in [0.1, 0.15) is 0 Å². The Kier molecular flexibility index (Phi) is 5.30. The molecule has 2 heteroatoms. The highest BCUT2D eigenvalue weighted by Gasteiger charge is 2.15. The van der Waals surface area contributed by atoms with Crippen LogP contribution in [0, 0.1) is 0 Å². The number of hydrogen-bond acceptors (Lipinski definition) is 1. The van der Waals surface area contributed by atoms with Crippen molar-refractivity contribution in [2.45, 2.75) is 40.0 Å². The lowest BCUT2D eigenvalue weighted by molar-refractivity contribution is 0.589. The Balaban J connectivity index is 3.40. The summed E-state index contributed by atoms with van der Waals surface area (Å²) < 4.78 is 1.08. The van der Waals surface area contributed by atoms with Crippen molar-refractivity contribution in [3.8, 4) is 0 Å². The molecule has 0 radical (unpaired) electrons. The number of halogens is 1. The fourth-order valence-electron chi connectivity index (χ4n) is 1.74. The molecule has 0 heterocycles. The summed E-state index contributed by atoms with van der Waals surface area (Å²) in [7, 11) is 0. The molecule has 0 aliphatic heterocycles. The number of rotatable bonds is 3. The number of nitrogens with zero attached hydrogens (tertiary/aromatic N) is 1. The molecule has 0 saturated carbocycles. The van der Waals surface area contributed by atoms with Gasteiger partial charge < -0.3 is 0 Å². The first-order valence-electron chi connectivity index (χ1n) is 6.41. The maximum Gasteiger partial charge on any atom is 0.0700 e. The third-order valence-electron chi connectivity index (χ3n) is 2.71. The van der Waals surface area contributed by atoms with Crippen molar-refractivity contribution in [3.63, 3.8) is 0 Å². The van der Waals surface area contributed by atoms with E-state index in [0.29, 0.717) is 0 Å². The molecule has 1 rings (SSSR count). The van der Waals surface area contributed by atoms with Gasteiger partial charge in [0, 0.05) is 16.3 Å². The molecule has 0 fully saturated rings. The van der Waals surface area contributed by atoms with Crippen molar-refractivity contribution in [3.05, 3.63) is 52.0 Å². The van der Waals surface area contributed by atoms with Gasteiger partial charge in [-0.05, 0) is 49.1 Å². The molecular weight excluding hydrogens is 298 g/mol. The molecule has 1 aromatic carbocycles. The Hall–Kier alpha value is -1.15. The number of hydrogen-bond donors (Lipinski definition) is 0. The second-order valence-electron chi connectivity index (χ2n) is 5.74. The van der Waals surface area contributed by atoms with Crippen LogP contribution in [-0.2, 0) is 5.41 Å². The fourth-order valence-corrected chi connectivity index (χ4v) is 2.23. The molecule has 0 atom stereocenters. The van der Waals surface area contributed by atoms with E-state index in [1.807, 2.05) is 26.1 Å². The maximum atomic E-state index is 4.45. The standard InChI is InChI=1S/C17H22BrN/c1-7-19-16(8-12(2)3)13-9-14(17(4,5)6)11-15(18)10-13/h7-11H,2H2,1,3-6H3/b16-8-,19-7?. The minimum Gasteiger partial charge on any atom is -0.261 e. The van der Waals surface area contributed by atoms with Crippen molar-refractivity contribution in [1.82, 2.24) is 0 Å². The first-order valence-corrected chi connectivity index (χ1v) is 7.20. The van der Waals surface area contributed by atoms with E-state index in [0.717, 1.165) is 21.3 Å². The number of aliphatic imine (C=N–C) groups is 1. The summed E-state index contributed by atoms with van der Waals surface area (Å²) in [4.78, 5) is 4.45. The van der Waals surface area contributed by atoms with E-state index in [1.54, 1.807) is 0 Å². The quantitative estimate of drug-likeness (QED) is 0.496. The van der Waals surface area contributed by atoms with Gasteiger partial charge in [-0.15, -0.1) is 0 Å². The van der Waals surface area contributed by atoms with E-state index < -0.39 is 0 Å². The van der Waals surface area contributed by atoms with Crippen LogP contribution in [0.2, 0.25) is 0 Å². The number of allylic oxidation sites excluding steroid dienone is 2. The molecule has 1 aromatic rings. The lowest BCUT2D eigenvalue weighted by atomic mass is 9.86. The minimum absolute atomic E-state index is 0.114. The van der Waals surface area contributed by atoms with Gasteiger partial charge in [0.25, 0.3) is 0 Å². The molecule has 0 spiro atoms. The van der Waals surface area contributed by atoms with Crippen molar-refractivity contribution < 1.29 is 0 Å². The fraction of sp³-hybridized carbons (Fsp3) is 0.353. The molecule has 0 saturated heterocycles. The molecular formula is C17H22BrN. The zero-order valence-corrected chi connectivity index (χ0v) is 14.0. The van der Waals surface area contributed by atoms with E-state index in [-0.39, 0.29) is 5.41 Å². The molecule has 0 bridgehead atoms. The highest BCUT2D eigenvalue weighted by molar-refractivity contribution is 9.10. The first kappa shape index (κ1) is 15.9. The summed E-state index contributed by atoms with van der Waals surface area (Å²) in [6.45, 7) is 14.5. The van der Waals surface area contributed by atoms with E-state index in [1.165, 1.54) is 5.56 Å². The molecule has 0 aliphatic rings. The van der Waals surface area contributed by atoms with Crippen molar-refractivity contribution in [2.24, 2.45) is 4.99 Å². The Morgan fingerprint density at radius 2 is 1.89 bits per heavy atom. The van der Waals surface area contributed by atoms with Crippen LogP contribution in [0.3, 0.4) is 0 Å². The second kappa shape index (κ2) is 6.33. The highest BCUT2D eigenvalue weighted by atomic mass is 79.9. The van der Waals surface area contributed by atoms with Crippen LogP contribution in [0.5, 0.6) is 0 Å². The summed E-state index contributed by atoms with van der Waals surface area (Å²) in [6, 6.07) is 6.46. The summed E-state index contributed by atoms with van der Waals surface area (Å²) in [5.41, 5.74) is 4.46. The molecule has 0 aliphatic carbocycles. The third kappa shape index (κ3) is 4.79. The van der Waals surface area contributed by atoms with Crippen LogP contribution in [0.25, 0.3) is 5.70 Å². The van der Waals surface area contributed by atoms with Crippen molar-refractivity contribution in [2.75, 3.05) is 0 Å². The monoisotopic (exact) mass is 319 g/mol. The molecule has 1 nitrogen and oxygen atoms in total. The molecule has 0 N–H and O–H groups in total. The average molecular weight is 320 g/mol. The van der Waals surface area contributed by atoms with Crippen LogP contribution in [-0.4, -0.2) is 6.21 Å².